The van der Waals surface area contributed by atoms with E-state index in [1.54, 1.807) is 11.3 Å². The van der Waals surface area contributed by atoms with E-state index >= 15 is 0 Å². The highest BCUT2D eigenvalue weighted by Gasteiger charge is 2.14. The van der Waals surface area contributed by atoms with E-state index in [0.29, 0.717) is 6.61 Å². The van der Waals surface area contributed by atoms with Crippen LogP contribution in [0.1, 0.15) is 6.92 Å². The van der Waals surface area contributed by atoms with Crippen molar-refractivity contribution in [2.75, 3.05) is 12.3 Å². The Hall–Kier alpha value is -2.60. The Morgan fingerprint density at radius 1 is 1.14 bits per heavy atom. The second kappa shape index (κ2) is 4.99. The maximum atomic E-state index is 5.75. The molecule has 2 aromatic carbocycles. The lowest BCUT2D eigenvalue weighted by molar-refractivity contribution is 0.341. The van der Waals surface area contributed by atoms with Crippen molar-refractivity contribution in [1.29, 1.82) is 0 Å². The lowest BCUT2D eigenvalue weighted by Gasteiger charge is -2.03. The molecule has 0 bridgehead atoms. The van der Waals surface area contributed by atoms with Crippen molar-refractivity contribution in [3.05, 3.63) is 42.5 Å². The van der Waals surface area contributed by atoms with Gasteiger partial charge in [-0.25, -0.2) is 0 Å². The monoisotopic (exact) mass is 310 g/mol. The quantitative estimate of drug-likeness (QED) is 0.587. The van der Waals surface area contributed by atoms with Crippen molar-refractivity contribution >= 4 is 32.2 Å². The number of nitrogens with two attached hydrogens (primary N) is 1. The Balaban J connectivity index is 1.93. The Labute approximate surface area is 131 Å². The third kappa shape index (κ3) is 2.00. The molecule has 5 nitrogen and oxygen atoms in total. The molecule has 0 aliphatic carbocycles. The molecular weight excluding hydrogens is 296 g/mol. The van der Waals surface area contributed by atoms with E-state index < -0.39 is 0 Å². The van der Waals surface area contributed by atoms with Gasteiger partial charge in [-0.1, -0.05) is 11.3 Å². The smallest absolute Gasteiger partial charge is 0.217 e. The molecule has 0 saturated carbocycles. The molecule has 0 atom stereocenters. The van der Waals surface area contributed by atoms with Crippen LogP contribution in [0.25, 0.3) is 26.6 Å². The number of ether oxygens (including phenoxy) is 1. The van der Waals surface area contributed by atoms with E-state index in [1.165, 1.54) is 0 Å². The number of nitrogens with zero attached hydrogens (tertiary/aromatic N) is 3. The van der Waals surface area contributed by atoms with Crippen molar-refractivity contribution in [3.8, 4) is 17.1 Å². The van der Waals surface area contributed by atoms with Gasteiger partial charge in [0, 0.05) is 11.3 Å². The maximum absolute atomic E-state index is 5.75. The minimum atomic E-state index is 0.659. The Bertz CT molecular complexity index is 956. The van der Waals surface area contributed by atoms with Crippen LogP contribution in [-0.4, -0.2) is 21.2 Å². The number of hydrogen-bond donors (Lipinski definition) is 1. The van der Waals surface area contributed by atoms with E-state index in [1.807, 2.05) is 49.4 Å². The fourth-order valence-electron chi connectivity index (χ4n) is 2.49. The lowest BCUT2D eigenvalue weighted by atomic mass is 10.2. The highest BCUT2D eigenvalue weighted by molar-refractivity contribution is 7.23. The van der Waals surface area contributed by atoms with Crippen LogP contribution in [0.3, 0.4) is 0 Å². The van der Waals surface area contributed by atoms with Gasteiger partial charge in [0.2, 0.25) is 4.96 Å². The maximum Gasteiger partial charge on any atom is 0.217 e. The second-order valence-corrected chi connectivity index (χ2v) is 5.94. The van der Waals surface area contributed by atoms with Crippen LogP contribution in [0.4, 0.5) is 5.69 Å². The van der Waals surface area contributed by atoms with E-state index in [4.69, 9.17) is 10.5 Å². The molecule has 4 rings (SSSR count). The average Bonchev–Trinajstić information content (AvgIpc) is 3.07. The largest absolute Gasteiger partial charge is 0.494 e. The van der Waals surface area contributed by atoms with Crippen LogP contribution >= 0.6 is 11.3 Å². The van der Waals surface area contributed by atoms with Crippen LogP contribution in [0.2, 0.25) is 0 Å². The van der Waals surface area contributed by atoms with Gasteiger partial charge in [0.05, 0.1) is 16.8 Å². The molecule has 6 heteroatoms. The molecule has 2 heterocycles. The van der Waals surface area contributed by atoms with E-state index in [0.717, 1.165) is 38.0 Å². The first-order valence-corrected chi connectivity index (χ1v) is 7.84. The van der Waals surface area contributed by atoms with Gasteiger partial charge in [-0.3, -0.25) is 4.40 Å². The molecule has 0 amide bonds. The van der Waals surface area contributed by atoms with Crippen LogP contribution in [0.15, 0.2) is 42.5 Å². The van der Waals surface area contributed by atoms with Crippen molar-refractivity contribution in [2.24, 2.45) is 0 Å². The van der Waals surface area contributed by atoms with Gasteiger partial charge >= 0.3 is 0 Å². The molecule has 0 spiro atoms. The van der Waals surface area contributed by atoms with Gasteiger partial charge in [-0.15, -0.1) is 10.2 Å². The summed E-state index contributed by atoms with van der Waals surface area (Å²) in [7, 11) is 0. The Morgan fingerprint density at radius 2 is 1.95 bits per heavy atom. The molecule has 4 aromatic rings. The minimum absolute atomic E-state index is 0.659. The summed E-state index contributed by atoms with van der Waals surface area (Å²) in [6.07, 6.45) is 0. The SMILES string of the molecule is CCOc1ccc2c(c1)sc1nnc(-c3ccc(N)cc3)n12. The summed E-state index contributed by atoms with van der Waals surface area (Å²) in [6, 6.07) is 13.7. The second-order valence-electron chi connectivity index (χ2n) is 4.93. The van der Waals surface area contributed by atoms with Gasteiger partial charge in [0.25, 0.3) is 0 Å². The van der Waals surface area contributed by atoms with Gasteiger partial charge in [0.1, 0.15) is 5.75 Å². The summed E-state index contributed by atoms with van der Waals surface area (Å²) >= 11 is 1.61. The number of rotatable bonds is 3. The Morgan fingerprint density at radius 3 is 2.73 bits per heavy atom. The summed E-state index contributed by atoms with van der Waals surface area (Å²) in [5, 5.41) is 8.61. The lowest BCUT2D eigenvalue weighted by Crippen LogP contribution is -1.92. The third-order valence-corrected chi connectivity index (χ3v) is 4.48. The number of hydrogen-bond acceptors (Lipinski definition) is 5. The number of fused-ring (bicyclic) bond motifs is 3. The summed E-state index contributed by atoms with van der Waals surface area (Å²) in [4.78, 5) is 0.871. The zero-order valence-corrected chi connectivity index (χ0v) is 12.8. The normalized spacial score (nSPS) is 11.3. The molecule has 110 valence electrons. The molecule has 0 fully saturated rings. The first-order valence-electron chi connectivity index (χ1n) is 7.02. The molecule has 2 N–H and O–H groups in total. The van der Waals surface area contributed by atoms with Gasteiger partial charge in [0.15, 0.2) is 5.82 Å². The molecule has 0 unspecified atom stereocenters. The third-order valence-electron chi connectivity index (χ3n) is 3.49. The van der Waals surface area contributed by atoms with E-state index in [9.17, 15) is 0 Å². The zero-order valence-electron chi connectivity index (χ0n) is 12.0. The average molecular weight is 310 g/mol. The number of thiazole rings is 1. The summed E-state index contributed by atoms with van der Waals surface area (Å²) in [5.41, 5.74) is 8.57. The molecule has 0 radical (unpaired) electrons. The number of anilines is 1. The van der Waals surface area contributed by atoms with Crippen LogP contribution in [0.5, 0.6) is 5.75 Å². The molecule has 22 heavy (non-hydrogen) atoms. The first kappa shape index (κ1) is 13.1. The first-order chi connectivity index (χ1) is 10.8. The fourth-order valence-corrected chi connectivity index (χ4v) is 3.48. The standard InChI is InChI=1S/C16H14N4OS/c1-2-21-12-7-8-13-14(9-12)22-16-19-18-15(20(13)16)10-3-5-11(17)6-4-10/h3-9H,2,17H2,1H3. The van der Waals surface area contributed by atoms with Gasteiger partial charge < -0.3 is 10.5 Å². The predicted octanol–water partition coefficient (Wildman–Crippen LogP) is 3.59. The highest BCUT2D eigenvalue weighted by Crippen LogP contribution is 2.32. The van der Waals surface area contributed by atoms with Gasteiger partial charge in [-0.2, -0.15) is 0 Å². The highest BCUT2D eigenvalue weighted by atomic mass is 32.1. The van der Waals surface area contributed by atoms with Crippen LogP contribution in [-0.2, 0) is 0 Å². The fraction of sp³-hybridized carbons (Fsp3) is 0.125. The molecule has 0 aliphatic rings. The van der Waals surface area contributed by atoms with Gasteiger partial charge in [-0.05, 0) is 49.4 Å². The minimum Gasteiger partial charge on any atom is -0.494 e. The molecular formula is C16H14N4OS. The number of benzene rings is 2. The topological polar surface area (TPSA) is 65.4 Å². The predicted molar refractivity (Wildman–Crippen MR) is 89.4 cm³/mol. The Kier molecular flexibility index (Phi) is 2.97. The zero-order chi connectivity index (χ0) is 15.1. The van der Waals surface area contributed by atoms with E-state index in [2.05, 4.69) is 14.6 Å². The van der Waals surface area contributed by atoms with Crippen molar-refractivity contribution in [1.82, 2.24) is 14.6 Å². The molecule has 0 saturated heterocycles. The number of aromatic nitrogens is 3. The van der Waals surface area contributed by atoms with E-state index in [-0.39, 0.29) is 0 Å². The summed E-state index contributed by atoms with van der Waals surface area (Å²) < 4.78 is 8.76. The van der Waals surface area contributed by atoms with Crippen LogP contribution in [0, 0.1) is 0 Å². The van der Waals surface area contributed by atoms with Crippen molar-refractivity contribution in [2.45, 2.75) is 6.92 Å². The van der Waals surface area contributed by atoms with Crippen LogP contribution < -0.4 is 10.5 Å². The molecule has 2 aromatic heterocycles. The van der Waals surface area contributed by atoms with Crippen molar-refractivity contribution < 1.29 is 4.74 Å². The number of nitrogen functional groups attached to an aromatic ring is 1. The van der Waals surface area contributed by atoms with Crippen molar-refractivity contribution in [3.63, 3.8) is 0 Å². The summed E-state index contributed by atoms with van der Waals surface area (Å²) in [5.74, 6) is 1.70. The summed E-state index contributed by atoms with van der Waals surface area (Å²) in [6.45, 7) is 2.64. The molecule has 0 aliphatic heterocycles.